The van der Waals surface area contributed by atoms with Crippen LogP contribution in [-0.2, 0) is 30.6 Å². The summed E-state index contributed by atoms with van der Waals surface area (Å²) in [4.78, 5) is 28.5. The molecule has 0 saturated carbocycles. The van der Waals surface area contributed by atoms with E-state index in [1.807, 2.05) is 31.4 Å². The Morgan fingerprint density at radius 3 is 2.67 bits per heavy atom. The summed E-state index contributed by atoms with van der Waals surface area (Å²) in [5.74, 6) is -0.900. The first kappa shape index (κ1) is 15.4. The van der Waals surface area contributed by atoms with E-state index in [-0.39, 0.29) is 12.1 Å². The average Bonchev–Trinajstić information content (AvgIpc) is 2.94. The number of hydrogen-bond acceptors (Lipinski definition) is 4. The van der Waals surface area contributed by atoms with E-state index in [9.17, 15) is 9.59 Å². The molecule has 2 rings (SSSR count). The first-order valence-corrected chi connectivity index (χ1v) is 7.80. The number of thiophene rings is 1. The highest BCUT2D eigenvalue weighted by molar-refractivity contribution is 7.09. The monoisotopic (exact) mass is 306 g/mol. The van der Waals surface area contributed by atoms with Gasteiger partial charge in [0.1, 0.15) is 0 Å². The van der Waals surface area contributed by atoms with Crippen molar-refractivity contribution in [1.82, 2.24) is 9.55 Å². The number of hydrogen-bond donors (Lipinski definition) is 1. The molecular formula is C15H18N2O3S. The summed E-state index contributed by atoms with van der Waals surface area (Å²) in [6, 6.07) is 3.89. The Bertz CT molecular complexity index is 690. The van der Waals surface area contributed by atoms with E-state index in [1.54, 1.807) is 15.9 Å². The van der Waals surface area contributed by atoms with E-state index in [0.717, 1.165) is 10.6 Å². The van der Waals surface area contributed by atoms with Gasteiger partial charge in [-0.2, -0.15) is 4.98 Å². The van der Waals surface area contributed by atoms with Crippen LogP contribution in [-0.4, -0.2) is 20.6 Å². The van der Waals surface area contributed by atoms with Crippen LogP contribution in [0, 0.1) is 0 Å². The molecule has 0 aliphatic rings. The number of rotatable bonds is 6. The van der Waals surface area contributed by atoms with Crippen LogP contribution < -0.4 is 5.69 Å². The van der Waals surface area contributed by atoms with Gasteiger partial charge in [0.2, 0.25) is 0 Å². The number of aliphatic carboxylic acids is 1. The van der Waals surface area contributed by atoms with Crippen LogP contribution in [0.4, 0.5) is 0 Å². The predicted molar refractivity (Wildman–Crippen MR) is 82.0 cm³/mol. The Balaban J connectivity index is 2.58. The van der Waals surface area contributed by atoms with Crippen molar-refractivity contribution in [3.05, 3.63) is 49.8 Å². The summed E-state index contributed by atoms with van der Waals surface area (Å²) in [5.41, 5.74) is 1.76. The summed E-state index contributed by atoms with van der Waals surface area (Å²) >= 11 is 1.57. The molecule has 0 spiro atoms. The fourth-order valence-corrected chi connectivity index (χ4v) is 3.15. The first-order chi connectivity index (χ1) is 10.1. The zero-order valence-electron chi connectivity index (χ0n) is 12.1. The maximum atomic E-state index is 12.3. The summed E-state index contributed by atoms with van der Waals surface area (Å²) in [7, 11) is 0. The first-order valence-electron chi connectivity index (χ1n) is 6.92. The molecular weight excluding hydrogens is 288 g/mol. The van der Waals surface area contributed by atoms with Crippen LogP contribution in [0.25, 0.3) is 0 Å². The molecule has 0 atom stereocenters. The molecule has 2 aromatic rings. The highest BCUT2D eigenvalue weighted by Crippen LogP contribution is 2.17. The average molecular weight is 306 g/mol. The molecule has 6 heteroatoms. The Kier molecular flexibility index (Phi) is 4.90. The highest BCUT2D eigenvalue weighted by Gasteiger charge is 2.17. The molecule has 0 unspecified atom stereocenters. The summed E-state index contributed by atoms with van der Waals surface area (Å²) in [6.07, 6.45) is 1.08. The second-order valence-electron chi connectivity index (χ2n) is 4.71. The second-order valence-corrected chi connectivity index (χ2v) is 5.74. The molecule has 21 heavy (non-hydrogen) atoms. The standard InChI is InChI=1S/C15H18N2O3S/c1-3-12-11(8-14(18)19)13(4-2)17(15(20)16-12)9-10-6-5-7-21-10/h5-7H,3-4,8-9H2,1-2H3,(H,18,19). The number of aromatic nitrogens is 2. The molecule has 0 saturated heterocycles. The lowest BCUT2D eigenvalue weighted by Gasteiger charge is -2.16. The van der Waals surface area contributed by atoms with Gasteiger partial charge in [-0.15, -0.1) is 11.3 Å². The van der Waals surface area contributed by atoms with Crippen molar-refractivity contribution in [1.29, 1.82) is 0 Å². The molecule has 0 aliphatic carbocycles. The molecule has 2 heterocycles. The van der Waals surface area contributed by atoms with Crippen molar-refractivity contribution < 1.29 is 9.90 Å². The number of carboxylic acid groups (broad SMARTS) is 1. The lowest BCUT2D eigenvalue weighted by molar-refractivity contribution is -0.136. The summed E-state index contributed by atoms with van der Waals surface area (Å²) in [5, 5.41) is 11.1. The van der Waals surface area contributed by atoms with E-state index in [0.29, 0.717) is 30.6 Å². The van der Waals surface area contributed by atoms with Crippen LogP contribution in [0.5, 0.6) is 0 Å². The fourth-order valence-electron chi connectivity index (χ4n) is 2.46. The van der Waals surface area contributed by atoms with Gasteiger partial charge in [-0.25, -0.2) is 4.79 Å². The van der Waals surface area contributed by atoms with Gasteiger partial charge in [-0.1, -0.05) is 19.9 Å². The van der Waals surface area contributed by atoms with Crippen molar-refractivity contribution in [2.75, 3.05) is 0 Å². The van der Waals surface area contributed by atoms with Gasteiger partial charge in [0.15, 0.2) is 0 Å². The Hall–Kier alpha value is -1.95. The lowest BCUT2D eigenvalue weighted by Crippen LogP contribution is -2.30. The largest absolute Gasteiger partial charge is 0.481 e. The van der Waals surface area contributed by atoms with Crippen LogP contribution in [0.2, 0.25) is 0 Å². The quantitative estimate of drug-likeness (QED) is 0.887. The minimum atomic E-state index is -0.900. The van der Waals surface area contributed by atoms with E-state index in [1.165, 1.54) is 0 Å². The molecule has 0 aromatic carbocycles. The second kappa shape index (κ2) is 6.67. The zero-order chi connectivity index (χ0) is 15.4. The number of carboxylic acids is 1. The summed E-state index contributed by atoms with van der Waals surface area (Å²) < 4.78 is 1.60. The van der Waals surface area contributed by atoms with E-state index < -0.39 is 5.97 Å². The van der Waals surface area contributed by atoms with Crippen LogP contribution in [0.15, 0.2) is 22.3 Å². The molecule has 0 fully saturated rings. The van der Waals surface area contributed by atoms with Gasteiger partial charge in [0, 0.05) is 16.1 Å². The fraction of sp³-hybridized carbons (Fsp3) is 0.400. The third-order valence-corrected chi connectivity index (χ3v) is 4.24. The Labute approximate surface area is 126 Å². The van der Waals surface area contributed by atoms with Crippen LogP contribution >= 0.6 is 11.3 Å². The van der Waals surface area contributed by atoms with E-state index >= 15 is 0 Å². The molecule has 0 amide bonds. The molecule has 2 aromatic heterocycles. The Morgan fingerprint density at radius 2 is 2.14 bits per heavy atom. The normalized spacial score (nSPS) is 10.8. The van der Waals surface area contributed by atoms with Crippen molar-refractivity contribution in [2.24, 2.45) is 0 Å². The zero-order valence-corrected chi connectivity index (χ0v) is 12.9. The van der Waals surface area contributed by atoms with E-state index in [2.05, 4.69) is 4.98 Å². The smallest absolute Gasteiger partial charge is 0.348 e. The topological polar surface area (TPSA) is 72.2 Å². The molecule has 1 N–H and O–H groups in total. The van der Waals surface area contributed by atoms with Crippen molar-refractivity contribution >= 4 is 17.3 Å². The van der Waals surface area contributed by atoms with Crippen molar-refractivity contribution in [3.63, 3.8) is 0 Å². The van der Waals surface area contributed by atoms with Gasteiger partial charge in [0.25, 0.3) is 0 Å². The molecule has 112 valence electrons. The molecule has 0 bridgehead atoms. The van der Waals surface area contributed by atoms with Gasteiger partial charge < -0.3 is 5.11 Å². The minimum absolute atomic E-state index is 0.0932. The van der Waals surface area contributed by atoms with Gasteiger partial charge in [-0.3, -0.25) is 9.36 Å². The lowest BCUT2D eigenvalue weighted by atomic mass is 10.0. The molecule has 0 aliphatic heterocycles. The molecule has 0 radical (unpaired) electrons. The van der Waals surface area contributed by atoms with Crippen LogP contribution in [0.3, 0.4) is 0 Å². The van der Waals surface area contributed by atoms with Gasteiger partial charge in [-0.05, 0) is 24.3 Å². The summed E-state index contributed by atoms with van der Waals surface area (Å²) in [6.45, 7) is 4.27. The van der Waals surface area contributed by atoms with Crippen molar-refractivity contribution in [2.45, 2.75) is 39.7 Å². The number of aryl methyl sites for hydroxylation is 1. The van der Waals surface area contributed by atoms with Gasteiger partial charge in [0.05, 0.1) is 18.7 Å². The Morgan fingerprint density at radius 1 is 1.38 bits per heavy atom. The highest BCUT2D eigenvalue weighted by atomic mass is 32.1. The molecule has 5 nitrogen and oxygen atoms in total. The van der Waals surface area contributed by atoms with Crippen molar-refractivity contribution in [3.8, 4) is 0 Å². The van der Waals surface area contributed by atoms with Crippen LogP contribution in [0.1, 0.15) is 35.7 Å². The maximum Gasteiger partial charge on any atom is 0.348 e. The maximum absolute atomic E-state index is 12.3. The number of carbonyl (C=O) groups is 1. The van der Waals surface area contributed by atoms with E-state index in [4.69, 9.17) is 5.11 Å². The number of nitrogens with zero attached hydrogens (tertiary/aromatic N) is 2. The SMILES string of the molecule is CCc1nc(=O)n(Cc2cccs2)c(CC)c1CC(=O)O. The third kappa shape index (κ3) is 3.39. The predicted octanol–water partition coefficient (Wildman–Crippen LogP) is 2.10. The third-order valence-electron chi connectivity index (χ3n) is 3.38. The van der Waals surface area contributed by atoms with Gasteiger partial charge >= 0.3 is 11.7 Å². The minimum Gasteiger partial charge on any atom is -0.481 e.